The smallest absolute Gasteiger partial charge is 0.406 e. The molecule has 33 heavy (non-hydrogen) atoms. The number of allylic oxidation sites excluding steroid dienone is 1. The predicted octanol–water partition coefficient (Wildman–Crippen LogP) is 5.66. The van der Waals surface area contributed by atoms with Crippen molar-refractivity contribution in [2.24, 2.45) is 0 Å². The predicted molar refractivity (Wildman–Crippen MR) is 122 cm³/mol. The molecule has 0 unspecified atom stereocenters. The van der Waals surface area contributed by atoms with E-state index in [1.54, 1.807) is 0 Å². The summed E-state index contributed by atoms with van der Waals surface area (Å²) in [5.41, 5.74) is 3.32. The Morgan fingerprint density at radius 2 is 1.79 bits per heavy atom. The lowest BCUT2D eigenvalue weighted by Gasteiger charge is -2.28. The number of morpholine rings is 1. The molecule has 0 amide bonds. The van der Waals surface area contributed by atoms with Gasteiger partial charge in [0.2, 0.25) is 0 Å². The number of benzene rings is 2. The van der Waals surface area contributed by atoms with E-state index >= 15 is 0 Å². The van der Waals surface area contributed by atoms with Crippen molar-refractivity contribution < 1.29 is 22.6 Å². The van der Waals surface area contributed by atoms with Crippen molar-refractivity contribution in [1.29, 1.82) is 0 Å². The van der Waals surface area contributed by atoms with Crippen LogP contribution in [0.15, 0.2) is 61.2 Å². The lowest BCUT2D eigenvalue weighted by Crippen LogP contribution is -2.36. The molecule has 1 fully saturated rings. The Balaban J connectivity index is 1.66. The number of hydrogen-bond acceptors (Lipinski definition) is 6. The van der Waals surface area contributed by atoms with Gasteiger partial charge < -0.3 is 19.7 Å². The number of aromatic nitrogens is 2. The molecule has 1 aliphatic heterocycles. The number of hydrogen-bond donors (Lipinski definition) is 1. The van der Waals surface area contributed by atoms with Crippen LogP contribution in [0.25, 0.3) is 17.0 Å². The van der Waals surface area contributed by atoms with Crippen molar-refractivity contribution in [2.45, 2.75) is 13.3 Å². The molecule has 1 aliphatic rings. The van der Waals surface area contributed by atoms with Gasteiger partial charge in [-0.05, 0) is 42.8 Å². The molecule has 9 heteroatoms. The number of nitrogens with one attached hydrogen (secondary N) is 1. The van der Waals surface area contributed by atoms with Crippen molar-refractivity contribution >= 4 is 22.9 Å². The van der Waals surface area contributed by atoms with Crippen LogP contribution in [0.3, 0.4) is 0 Å². The second-order valence-corrected chi connectivity index (χ2v) is 7.59. The SMILES string of the molecule is C=C(C)c1cccc(-c2nc(Nc3ccc(OC(F)(F)F)cc3)cc(N3CCOCC3)n2)c1. The lowest BCUT2D eigenvalue weighted by molar-refractivity contribution is -0.274. The maximum Gasteiger partial charge on any atom is 0.573 e. The Labute approximate surface area is 189 Å². The van der Waals surface area contributed by atoms with Crippen LogP contribution in [0.2, 0.25) is 0 Å². The van der Waals surface area contributed by atoms with Gasteiger partial charge in [0.1, 0.15) is 17.4 Å². The molecule has 172 valence electrons. The first-order chi connectivity index (χ1) is 15.8. The van der Waals surface area contributed by atoms with E-state index in [0.29, 0.717) is 43.6 Å². The summed E-state index contributed by atoms with van der Waals surface area (Å²) in [5.74, 6) is 1.50. The van der Waals surface area contributed by atoms with Gasteiger partial charge in [-0.2, -0.15) is 0 Å². The molecule has 1 N–H and O–H groups in total. The highest BCUT2D eigenvalue weighted by molar-refractivity contribution is 5.70. The maximum atomic E-state index is 12.4. The number of ether oxygens (including phenoxy) is 2. The Kier molecular flexibility index (Phi) is 6.50. The average molecular weight is 456 g/mol. The fourth-order valence-corrected chi connectivity index (χ4v) is 3.39. The summed E-state index contributed by atoms with van der Waals surface area (Å²) < 4.78 is 46.6. The van der Waals surface area contributed by atoms with Gasteiger partial charge in [-0.15, -0.1) is 13.2 Å². The highest BCUT2D eigenvalue weighted by Crippen LogP contribution is 2.28. The molecule has 1 saturated heterocycles. The Bertz CT molecular complexity index is 1130. The molecular weight excluding hydrogens is 433 g/mol. The molecule has 4 rings (SSSR count). The van der Waals surface area contributed by atoms with Crippen LogP contribution in [0.5, 0.6) is 5.75 Å². The van der Waals surface area contributed by atoms with E-state index in [2.05, 4.69) is 26.5 Å². The van der Waals surface area contributed by atoms with E-state index < -0.39 is 6.36 Å². The molecular formula is C24H23F3N4O2. The van der Waals surface area contributed by atoms with E-state index in [-0.39, 0.29) is 5.75 Å². The van der Waals surface area contributed by atoms with Gasteiger partial charge in [-0.1, -0.05) is 30.4 Å². The molecule has 0 atom stereocenters. The van der Waals surface area contributed by atoms with Gasteiger partial charge >= 0.3 is 6.36 Å². The average Bonchev–Trinajstić information content (AvgIpc) is 2.80. The van der Waals surface area contributed by atoms with Gasteiger partial charge in [-0.25, -0.2) is 9.97 Å². The van der Waals surface area contributed by atoms with Gasteiger partial charge in [0.25, 0.3) is 0 Å². The van der Waals surface area contributed by atoms with Crippen LogP contribution in [0.4, 0.5) is 30.5 Å². The van der Waals surface area contributed by atoms with Crippen LogP contribution in [-0.4, -0.2) is 42.6 Å². The number of rotatable bonds is 6. The summed E-state index contributed by atoms with van der Waals surface area (Å²) in [6, 6.07) is 15.1. The number of halogens is 3. The van der Waals surface area contributed by atoms with Crippen molar-refractivity contribution in [2.75, 3.05) is 36.5 Å². The molecule has 0 aliphatic carbocycles. The summed E-state index contributed by atoms with van der Waals surface area (Å²) in [6.07, 6.45) is -4.73. The molecule has 2 aromatic carbocycles. The van der Waals surface area contributed by atoms with Crippen LogP contribution in [-0.2, 0) is 4.74 Å². The number of alkyl halides is 3. The minimum absolute atomic E-state index is 0.290. The van der Waals surface area contributed by atoms with Crippen molar-refractivity contribution in [1.82, 2.24) is 9.97 Å². The fraction of sp³-hybridized carbons (Fsp3) is 0.250. The molecule has 2 heterocycles. The Morgan fingerprint density at radius 1 is 1.06 bits per heavy atom. The number of nitrogens with zero attached hydrogens (tertiary/aromatic N) is 3. The second-order valence-electron chi connectivity index (χ2n) is 7.59. The zero-order chi connectivity index (χ0) is 23.4. The minimum Gasteiger partial charge on any atom is -0.406 e. The minimum atomic E-state index is -4.73. The highest BCUT2D eigenvalue weighted by Gasteiger charge is 2.31. The first kappa shape index (κ1) is 22.6. The standard InChI is InChI=1S/C24H23F3N4O2/c1-16(2)17-4-3-5-18(14-17)23-29-21(15-22(30-23)31-10-12-32-13-11-31)28-19-6-8-20(9-7-19)33-24(25,26)27/h3-9,14-15H,1,10-13H2,2H3,(H,28,29,30). The largest absolute Gasteiger partial charge is 0.573 e. The molecule has 0 radical (unpaired) electrons. The fourth-order valence-electron chi connectivity index (χ4n) is 3.39. The first-order valence-electron chi connectivity index (χ1n) is 10.4. The zero-order valence-electron chi connectivity index (χ0n) is 18.0. The summed E-state index contributed by atoms with van der Waals surface area (Å²) in [7, 11) is 0. The van der Waals surface area contributed by atoms with E-state index in [0.717, 1.165) is 22.5 Å². The Morgan fingerprint density at radius 3 is 2.45 bits per heavy atom. The van der Waals surface area contributed by atoms with Crippen molar-refractivity contribution in [3.8, 4) is 17.1 Å². The molecule has 3 aromatic rings. The third-order valence-electron chi connectivity index (χ3n) is 5.02. The third kappa shape index (κ3) is 6.01. The van der Waals surface area contributed by atoms with Crippen LogP contribution >= 0.6 is 0 Å². The van der Waals surface area contributed by atoms with Crippen molar-refractivity contribution in [3.05, 3.63) is 66.7 Å². The van der Waals surface area contributed by atoms with Gasteiger partial charge in [0.15, 0.2) is 5.82 Å². The topological polar surface area (TPSA) is 59.5 Å². The van der Waals surface area contributed by atoms with Crippen LogP contribution < -0.4 is 15.0 Å². The monoisotopic (exact) mass is 456 g/mol. The summed E-state index contributed by atoms with van der Waals surface area (Å²) in [5, 5.41) is 3.16. The summed E-state index contributed by atoms with van der Waals surface area (Å²) in [6.45, 7) is 8.54. The van der Waals surface area contributed by atoms with Gasteiger partial charge in [0.05, 0.1) is 13.2 Å². The lowest BCUT2D eigenvalue weighted by atomic mass is 10.1. The second kappa shape index (κ2) is 9.50. The van der Waals surface area contributed by atoms with E-state index in [4.69, 9.17) is 9.72 Å². The van der Waals surface area contributed by atoms with E-state index in [1.165, 1.54) is 24.3 Å². The molecule has 0 saturated carbocycles. The zero-order valence-corrected chi connectivity index (χ0v) is 18.0. The van der Waals surface area contributed by atoms with Crippen molar-refractivity contribution in [3.63, 3.8) is 0 Å². The molecule has 1 aromatic heterocycles. The highest BCUT2D eigenvalue weighted by atomic mass is 19.4. The molecule has 0 bridgehead atoms. The maximum absolute atomic E-state index is 12.4. The summed E-state index contributed by atoms with van der Waals surface area (Å²) in [4.78, 5) is 11.5. The van der Waals surface area contributed by atoms with Gasteiger partial charge in [-0.3, -0.25) is 0 Å². The molecule has 0 spiro atoms. The normalized spacial score (nSPS) is 14.1. The molecule has 6 nitrogen and oxygen atoms in total. The van der Waals surface area contributed by atoms with Crippen LogP contribution in [0, 0.1) is 0 Å². The third-order valence-corrected chi connectivity index (χ3v) is 5.02. The van der Waals surface area contributed by atoms with E-state index in [1.807, 2.05) is 37.3 Å². The summed E-state index contributed by atoms with van der Waals surface area (Å²) >= 11 is 0. The quantitative estimate of drug-likeness (QED) is 0.517. The first-order valence-corrected chi connectivity index (χ1v) is 10.4. The van der Waals surface area contributed by atoms with Gasteiger partial charge in [0, 0.05) is 30.4 Å². The Hall–Kier alpha value is -3.59. The van der Waals surface area contributed by atoms with E-state index in [9.17, 15) is 13.2 Å². The number of anilines is 3. The van der Waals surface area contributed by atoms with Crippen LogP contribution in [0.1, 0.15) is 12.5 Å².